The zero-order chi connectivity index (χ0) is 26.3. The minimum atomic E-state index is -0.713. The summed E-state index contributed by atoms with van der Waals surface area (Å²) in [7, 11) is 0. The van der Waals surface area contributed by atoms with Crippen molar-refractivity contribution in [2.45, 2.75) is 19.9 Å². The number of allylic oxidation sites excluding steroid dienone is 1. The van der Waals surface area contributed by atoms with E-state index in [0.29, 0.717) is 58.3 Å². The van der Waals surface area contributed by atoms with E-state index in [4.69, 9.17) is 44.0 Å². The van der Waals surface area contributed by atoms with Crippen LogP contribution in [0, 0.1) is 0 Å². The molecule has 10 heteroatoms. The first-order valence-electron chi connectivity index (χ1n) is 11.3. The van der Waals surface area contributed by atoms with Crippen LogP contribution in [0.4, 0.5) is 0 Å². The molecule has 0 fully saturated rings. The van der Waals surface area contributed by atoms with E-state index in [-0.39, 0.29) is 12.2 Å². The number of carbonyl (C=O) groups is 1. The summed E-state index contributed by atoms with van der Waals surface area (Å²) < 4.78 is 13.2. The van der Waals surface area contributed by atoms with Crippen molar-refractivity contribution < 1.29 is 13.9 Å². The van der Waals surface area contributed by atoms with Crippen LogP contribution in [-0.2, 0) is 9.53 Å². The number of halogens is 3. The van der Waals surface area contributed by atoms with E-state index < -0.39 is 12.0 Å². The number of rotatable bonds is 5. The summed E-state index contributed by atoms with van der Waals surface area (Å²) in [6.45, 7) is 3.67. The number of thiazole rings is 1. The second kappa shape index (κ2) is 10.3. The first-order chi connectivity index (χ1) is 17.8. The molecule has 0 saturated heterocycles. The molecule has 188 valence electrons. The standard InChI is InChI=1S/C27H19Cl3N2O4S/c1-3-35-26(34)23-14(2)31-27-32(24(23)15-4-6-16(28)7-5-15)25(33)22(37-27)13-18-9-11-21(36-18)19-10-8-17(29)12-20(19)30/h4-13,24H,3H2,1-2H3/b22-13-/t24-/m0/s1. The number of fused-ring (bicyclic) bond motifs is 1. The minimum Gasteiger partial charge on any atom is -0.463 e. The van der Waals surface area contributed by atoms with Gasteiger partial charge in [-0.1, -0.05) is 58.3 Å². The largest absolute Gasteiger partial charge is 0.463 e. The highest BCUT2D eigenvalue weighted by atomic mass is 35.5. The van der Waals surface area contributed by atoms with Crippen LogP contribution in [0.2, 0.25) is 15.1 Å². The highest BCUT2D eigenvalue weighted by Crippen LogP contribution is 2.33. The molecule has 0 N–H and O–H groups in total. The third-order valence-electron chi connectivity index (χ3n) is 5.80. The van der Waals surface area contributed by atoms with Gasteiger partial charge in [0.05, 0.1) is 33.5 Å². The maximum absolute atomic E-state index is 13.7. The molecule has 0 bridgehead atoms. The van der Waals surface area contributed by atoms with E-state index in [9.17, 15) is 9.59 Å². The Hall–Kier alpha value is -3.10. The Morgan fingerprint density at radius 1 is 1.11 bits per heavy atom. The molecule has 6 nitrogen and oxygen atoms in total. The second-order valence-electron chi connectivity index (χ2n) is 8.18. The van der Waals surface area contributed by atoms with Crippen molar-refractivity contribution >= 4 is 58.2 Å². The number of carbonyl (C=O) groups excluding carboxylic acids is 1. The molecule has 0 unspecified atom stereocenters. The summed E-state index contributed by atoms with van der Waals surface area (Å²) in [4.78, 5) is 31.7. The molecule has 1 aliphatic heterocycles. The Labute approximate surface area is 230 Å². The Balaban J connectivity index is 1.63. The fourth-order valence-electron chi connectivity index (χ4n) is 4.15. The van der Waals surface area contributed by atoms with E-state index >= 15 is 0 Å². The van der Waals surface area contributed by atoms with Gasteiger partial charge in [-0.25, -0.2) is 9.79 Å². The number of furan rings is 1. The lowest BCUT2D eigenvalue weighted by molar-refractivity contribution is -0.139. The summed E-state index contributed by atoms with van der Waals surface area (Å²) in [6, 6.07) is 15.0. The molecule has 0 spiro atoms. The Morgan fingerprint density at radius 3 is 2.54 bits per heavy atom. The minimum absolute atomic E-state index is 0.200. The quantitative estimate of drug-likeness (QED) is 0.274. The molecule has 0 amide bonds. The first-order valence-corrected chi connectivity index (χ1v) is 13.2. The predicted molar refractivity (Wildman–Crippen MR) is 146 cm³/mol. The van der Waals surface area contributed by atoms with Gasteiger partial charge in [-0.3, -0.25) is 9.36 Å². The molecule has 0 aliphatic carbocycles. The van der Waals surface area contributed by atoms with E-state index in [1.165, 1.54) is 15.9 Å². The van der Waals surface area contributed by atoms with Gasteiger partial charge >= 0.3 is 5.97 Å². The number of hydrogen-bond donors (Lipinski definition) is 0. The van der Waals surface area contributed by atoms with Gasteiger partial charge in [0.15, 0.2) is 4.80 Å². The van der Waals surface area contributed by atoms with Crippen molar-refractivity contribution in [3.05, 3.63) is 112 Å². The number of nitrogens with zero attached hydrogens (tertiary/aromatic N) is 2. The number of esters is 1. The van der Waals surface area contributed by atoms with Crippen LogP contribution in [0.3, 0.4) is 0 Å². The van der Waals surface area contributed by atoms with Gasteiger partial charge in [-0.05, 0) is 61.9 Å². The van der Waals surface area contributed by atoms with Gasteiger partial charge < -0.3 is 9.15 Å². The molecular weight excluding hydrogens is 555 g/mol. The normalized spacial score (nSPS) is 15.5. The summed E-state index contributed by atoms with van der Waals surface area (Å²) in [5, 5.41) is 1.52. The highest BCUT2D eigenvalue weighted by molar-refractivity contribution is 7.07. The van der Waals surface area contributed by atoms with Crippen molar-refractivity contribution in [1.29, 1.82) is 0 Å². The zero-order valence-corrected chi connectivity index (χ0v) is 22.7. The monoisotopic (exact) mass is 572 g/mol. The third-order valence-corrected chi connectivity index (χ3v) is 7.58. The Morgan fingerprint density at radius 2 is 1.84 bits per heavy atom. The van der Waals surface area contributed by atoms with Crippen LogP contribution in [0.5, 0.6) is 0 Å². The first kappa shape index (κ1) is 25.5. The summed E-state index contributed by atoms with van der Waals surface area (Å²) in [5.74, 6) is 0.490. The fraction of sp³-hybridized carbons (Fsp3) is 0.148. The van der Waals surface area contributed by atoms with E-state index in [0.717, 1.165) is 0 Å². The second-order valence-corrected chi connectivity index (χ2v) is 10.5. The van der Waals surface area contributed by atoms with Gasteiger partial charge in [0, 0.05) is 21.7 Å². The molecule has 1 aliphatic rings. The molecule has 1 atom stereocenters. The van der Waals surface area contributed by atoms with E-state index in [1.807, 2.05) is 0 Å². The molecule has 37 heavy (non-hydrogen) atoms. The maximum atomic E-state index is 13.7. The predicted octanol–water partition coefficient (Wildman–Crippen LogP) is 6.02. The summed E-state index contributed by atoms with van der Waals surface area (Å²) in [6.07, 6.45) is 1.65. The van der Waals surface area contributed by atoms with Gasteiger partial charge in [0.25, 0.3) is 5.56 Å². The van der Waals surface area contributed by atoms with Gasteiger partial charge in [-0.15, -0.1) is 0 Å². The van der Waals surface area contributed by atoms with Crippen molar-refractivity contribution in [1.82, 2.24) is 4.57 Å². The molecule has 5 rings (SSSR count). The molecule has 2 aromatic heterocycles. The summed E-state index contributed by atoms with van der Waals surface area (Å²) >= 11 is 19.6. The number of hydrogen-bond acceptors (Lipinski definition) is 6. The number of aromatic nitrogens is 1. The van der Waals surface area contributed by atoms with Crippen LogP contribution in [-0.4, -0.2) is 17.1 Å². The van der Waals surface area contributed by atoms with Crippen LogP contribution in [0.25, 0.3) is 17.4 Å². The zero-order valence-electron chi connectivity index (χ0n) is 19.6. The smallest absolute Gasteiger partial charge is 0.338 e. The third kappa shape index (κ3) is 4.92. The average molecular weight is 574 g/mol. The van der Waals surface area contributed by atoms with Crippen molar-refractivity contribution in [3.63, 3.8) is 0 Å². The van der Waals surface area contributed by atoms with Crippen molar-refractivity contribution in [3.8, 4) is 11.3 Å². The lowest BCUT2D eigenvalue weighted by Crippen LogP contribution is -2.39. The molecule has 3 heterocycles. The average Bonchev–Trinajstić information content (AvgIpc) is 3.43. The van der Waals surface area contributed by atoms with Crippen molar-refractivity contribution in [2.75, 3.05) is 6.61 Å². The van der Waals surface area contributed by atoms with Crippen molar-refractivity contribution in [2.24, 2.45) is 4.99 Å². The Bertz CT molecular complexity index is 1730. The lowest BCUT2D eigenvalue weighted by Gasteiger charge is -2.24. The number of ether oxygens (including phenoxy) is 1. The van der Waals surface area contributed by atoms with Crippen LogP contribution in [0.15, 0.2) is 80.1 Å². The number of benzene rings is 2. The van der Waals surface area contributed by atoms with Crippen LogP contribution >= 0.6 is 46.1 Å². The molecule has 2 aromatic carbocycles. The van der Waals surface area contributed by atoms with Gasteiger partial charge in [0.1, 0.15) is 11.5 Å². The fourth-order valence-corrected chi connectivity index (χ4v) is 5.80. The van der Waals surface area contributed by atoms with Gasteiger partial charge in [-0.2, -0.15) is 0 Å². The van der Waals surface area contributed by atoms with Crippen LogP contribution < -0.4 is 14.9 Å². The molecule has 0 radical (unpaired) electrons. The van der Waals surface area contributed by atoms with E-state index in [2.05, 4.69) is 4.99 Å². The molecular formula is C27H19Cl3N2O4S. The molecule has 4 aromatic rings. The maximum Gasteiger partial charge on any atom is 0.338 e. The topological polar surface area (TPSA) is 73.8 Å². The summed E-state index contributed by atoms with van der Waals surface area (Å²) in [5.41, 5.74) is 1.89. The van der Waals surface area contributed by atoms with E-state index in [1.54, 1.807) is 74.5 Å². The van der Waals surface area contributed by atoms with Gasteiger partial charge in [0.2, 0.25) is 0 Å². The SMILES string of the molecule is CCOC(=O)C1=C(C)N=c2s/c(=C\c3ccc(-c4ccc(Cl)cc4Cl)o3)c(=O)n2[C@H]1c1ccc(Cl)cc1. The van der Waals surface area contributed by atoms with Crippen LogP contribution in [0.1, 0.15) is 31.2 Å². The highest BCUT2D eigenvalue weighted by Gasteiger charge is 2.33. The molecule has 0 saturated carbocycles. The Kier molecular flexibility index (Phi) is 7.14. The lowest BCUT2D eigenvalue weighted by atomic mass is 9.96.